The molecule has 0 aliphatic heterocycles. The molecule has 0 aromatic rings. The molecule has 0 amide bonds. The van der Waals surface area contributed by atoms with Crippen molar-refractivity contribution >= 4 is 19.8 Å². The zero-order valence-electron chi connectivity index (χ0n) is 31.6. The molecule has 11 heteroatoms. The van der Waals surface area contributed by atoms with E-state index in [4.69, 9.17) is 19.1 Å². The molecule has 0 aliphatic carbocycles. The Bertz CT molecular complexity index is 894. The summed E-state index contributed by atoms with van der Waals surface area (Å²) in [7, 11) is -4.62. The maximum atomic E-state index is 12.5. The highest BCUT2D eigenvalue weighted by atomic mass is 31.2. The number of allylic oxidation sites excluding steroid dienone is 4. The van der Waals surface area contributed by atoms with Gasteiger partial charge in [-0.25, -0.2) is 4.57 Å². The van der Waals surface area contributed by atoms with Gasteiger partial charge in [0.1, 0.15) is 12.7 Å². The summed E-state index contributed by atoms with van der Waals surface area (Å²) in [5.41, 5.74) is 0. The minimum Gasteiger partial charge on any atom is -0.462 e. The molecule has 3 N–H and O–H groups in total. The number of carbonyl (C=O) groups excluding carboxylic acids is 2. The molecule has 0 spiro atoms. The van der Waals surface area contributed by atoms with E-state index in [0.29, 0.717) is 12.8 Å². The summed E-state index contributed by atoms with van der Waals surface area (Å²) in [6.07, 6.45) is 33.0. The highest BCUT2D eigenvalue weighted by Crippen LogP contribution is 2.43. The highest BCUT2D eigenvalue weighted by Gasteiger charge is 2.27. The molecule has 0 bridgehead atoms. The van der Waals surface area contributed by atoms with Gasteiger partial charge in [-0.15, -0.1) is 0 Å². The third-order valence-corrected chi connectivity index (χ3v) is 9.29. The number of carbonyl (C=O) groups is 2. The van der Waals surface area contributed by atoms with Crippen LogP contribution in [0.5, 0.6) is 0 Å². The van der Waals surface area contributed by atoms with Gasteiger partial charge in [-0.05, 0) is 51.4 Å². The molecule has 0 rings (SSSR count). The lowest BCUT2D eigenvalue weighted by Gasteiger charge is -2.20. The van der Waals surface area contributed by atoms with Crippen LogP contribution in [0.25, 0.3) is 0 Å². The minimum absolute atomic E-state index is 0.158. The van der Waals surface area contributed by atoms with Crippen molar-refractivity contribution < 1.29 is 47.8 Å². The number of aliphatic hydroxyl groups excluding tert-OH is 2. The van der Waals surface area contributed by atoms with Gasteiger partial charge in [0, 0.05) is 12.8 Å². The molecule has 0 fully saturated rings. The fraction of sp³-hybridized carbons (Fsp3) is 0.846. The maximum absolute atomic E-state index is 12.5. The van der Waals surface area contributed by atoms with Gasteiger partial charge in [-0.2, -0.15) is 0 Å². The van der Waals surface area contributed by atoms with E-state index < -0.39 is 51.8 Å². The van der Waals surface area contributed by atoms with E-state index in [1.807, 2.05) is 6.08 Å². The van der Waals surface area contributed by atoms with Crippen LogP contribution < -0.4 is 0 Å². The van der Waals surface area contributed by atoms with Crippen LogP contribution in [0.4, 0.5) is 0 Å². The predicted molar refractivity (Wildman–Crippen MR) is 201 cm³/mol. The van der Waals surface area contributed by atoms with E-state index >= 15 is 0 Å². The number of aliphatic hydroxyl groups is 2. The molecule has 0 aromatic heterocycles. The normalized spacial score (nSPS) is 14.3. The van der Waals surface area contributed by atoms with Crippen LogP contribution in [-0.2, 0) is 32.7 Å². The minimum atomic E-state index is -4.62. The Labute approximate surface area is 304 Å². The molecule has 3 atom stereocenters. The van der Waals surface area contributed by atoms with E-state index in [1.54, 1.807) is 0 Å². The third kappa shape index (κ3) is 34.9. The summed E-state index contributed by atoms with van der Waals surface area (Å²) in [4.78, 5) is 34.8. The van der Waals surface area contributed by atoms with Gasteiger partial charge in [0.05, 0.1) is 19.8 Å². The first kappa shape index (κ1) is 48.5. The fourth-order valence-corrected chi connectivity index (χ4v) is 6.03. The molecule has 10 nitrogen and oxygen atoms in total. The van der Waals surface area contributed by atoms with Gasteiger partial charge in [0.2, 0.25) is 0 Å². The van der Waals surface area contributed by atoms with Gasteiger partial charge in [0.15, 0.2) is 6.10 Å². The zero-order valence-corrected chi connectivity index (χ0v) is 32.5. The number of hydrogen-bond donors (Lipinski definition) is 3. The van der Waals surface area contributed by atoms with Crippen LogP contribution in [-0.4, -0.2) is 65.7 Å². The standard InChI is InChI=1S/C39H73O10P/c1-3-5-7-9-11-13-15-17-18-19-21-22-24-26-28-30-38(42)46-34-37(35-48-50(44,45)47-33-36(41)32-40)49-39(43)31-29-27-25-23-20-16-14-12-10-8-6-4-2/h12,14,24,26,36-37,40-41H,3-11,13,15-23,25,27-35H2,1-2H3,(H,44,45)/b14-12+,26-24+/t36-,37+/m0/s1. The molecule has 50 heavy (non-hydrogen) atoms. The molecule has 0 saturated carbocycles. The number of rotatable bonds is 37. The van der Waals surface area contributed by atoms with Gasteiger partial charge in [0.25, 0.3) is 0 Å². The summed E-state index contributed by atoms with van der Waals surface area (Å²) < 4.78 is 32.5. The van der Waals surface area contributed by atoms with Crippen molar-refractivity contribution in [3.63, 3.8) is 0 Å². The quantitative estimate of drug-likeness (QED) is 0.0244. The van der Waals surface area contributed by atoms with E-state index in [1.165, 1.54) is 83.5 Å². The third-order valence-electron chi connectivity index (χ3n) is 8.34. The Balaban J connectivity index is 4.38. The number of phosphoric ester groups is 1. The number of phosphoric acid groups is 1. The second-order valence-electron chi connectivity index (χ2n) is 13.3. The second-order valence-corrected chi connectivity index (χ2v) is 14.8. The summed E-state index contributed by atoms with van der Waals surface area (Å²) in [5.74, 6) is -0.991. The zero-order chi connectivity index (χ0) is 37.0. The number of hydrogen-bond acceptors (Lipinski definition) is 9. The Morgan fingerprint density at radius 2 is 1.02 bits per heavy atom. The highest BCUT2D eigenvalue weighted by molar-refractivity contribution is 7.47. The van der Waals surface area contributed by atoms with E-state index in [2.05, 4.69) is 36.6 Å². The lowest BCUT2D eigenvalue weighted by Crippen LogP contribution is -2.29. The average molecular weight is 733 g/mol. The van der Waals surface area contributed by atoms with Gasteiger partial charge >= 0.3 is 19.8 Å². The lowest BCUT2D eigenvalue weighted by atomic mass is 10.1. The van der Waals surface area contributed by atoms with Crippen LogP contribution in [0.15, 0.2) is 24.3 Å². The van der Waals surface area contributed by atoms with Crippen molar-refractivity contribution in [3.8, 4) is 0 Å². The Morgan fingerprint density at radius 1 is 0.580 bits per heavy atom. The van der Waals surface area contributed by atoms with E-state index in [0.717, 1.165) is 51.4 Å². The van der Waals surface area contributed by atoms with Crippen molar-refractivity contribution in [2.24, 2.45) is 0 Å². The number of ether oxygens (including phenoxy) is 2. The van der Waals surface area contributed by atoms with E-state index in [-0.39, 0.29) is 19.4 Å². The average Bonchev–Trinajstić information content (AvgIpc) is 3.10. The van der Waals surface area contributed by atoms with Gasteiger partial charge < -0.3 is 24.6 Å². The van der Waals surface area contributed by atoms with Crippen molar-refractivity contribution in [2.45, 2.75) is 187 Å². The van der Waals surface area contributed by atoms with Crippen LogP contribution in [0, 0.1) is 0 Å². The summed E-state index contributed by atoms with van der Waals surface area (Å²) in [6, 6.07) is 0. The van der Waals surface area contributed by atoms with Crippen LogP contribution >= 0.6 is 7.82 Å². The molecule has 0 aromatic carbocycles. The maximum Gasteiger partial charge on any atom is 0.472 e. The fourth-order valence-electron chi connectivity index (χ4n) is 5.24. The first-order valence-electron chi connectivity index (χ1n) is 19.8. The smallest absolute Gasteiger partial charge is 0.462 e. The SMILES string of the molecule is CCCCC/C=C/CCCCCCCC(=O)O[C@H](COC(=O)CC/C=C/CCCCCCCCCCCCC)COP(=O)(O)OC[C@@H](O)CO. The van der Waals surface area contributed by atoms with Gasteiger partial charge in [-0.3, -0.25) is 18.6 Å². The molecule has 1 unspecified atom stereocenters. The van der Waals surface area contributed by atoms with Crippen molar-refractivity contribution in [3.05, 3.63) is 24.3 Å². The summed E-state index contributed by atoms with van der Waals surface area (Å²) in [5, 5.41) is 18.3. The summed E-state index contributed by atoms with van der Waals surface area (Å²) in [6.45, 7) is 2.30. The molecular weight excluding hydrogens is 659 g/mol. The Morgan fingerprint density at radius 3 is 1.56 bits per heavy atom. The van der Waals surface area contributed by atoms with Crippen molar-refractivity contribution in [1.29, 1.82) is 0 Å². The Hall–Kier alpha value is -1.55. The number of esters is 2. The predicted octanol–water partition coefficient (Wildman–Crippen LogP) is 9.83. The van der Waals surface area contributed by atoms with Gasteiger partial charge in [-0.1, -0.05) is 134 Å². The van der Waals surface area contributed by atoms with Crippen LogP contribution in [0.1, 0.15) is 174 Å². The molecular formula is C39H73O10P. The Kier molecular flexibility index (Phi) is 34.7. The molecule has 0 heterocycles. The molecule has 294 valence electrons. The largest absolute Gasteiger partial charge is 0.472 e. The molecule has 0 radical (unpaired) electrons. The van der Waals surface area contributed by atoms with E-state index in [9.17, 15) is 24.2 Å². The molecule has 0 saturated heterocycles. The first-order chi connectivity index (χ1) is 24.2. The van der Waals surface area contributed by atoms with Crippen LogP contribution in [0.3, 0.4) is 0 Å². The van der Waals surface area contributed by atoms with Crippen molar-refractivity contribution in [2.75, 3.05) is 26.4 Å². The number of unbranched alkanes of at least 4 members (excludes halogenated alkanes) is 19. The molecule has 0 aliphatic rings. The van der Waals surface area contributed by atoms with Crippen LogP contribution in [0.2, 0.25) is 0 Å². The topological polar surface area (TPSA) is 149 Å². The van der Waals surface area contributed by atoms with Crippen molar-refractivity contribution in [1.82, 2.24) is 0 Å². The second kappa shape index (κ2) is 35.8. The summed E-state index contributed by atoms with van der Waals surface area (Å²) >= 11 is 0. The first-order valence-corrected chi connectivity index (χ1v) is 21.3. The monoisotopic (exact) mass is 732 g/mol. The lowest BCUT2D eigenvalue weighted by molar-refractivity contribution is -0.161.